The number of nitrogens with zero attached hydrogens (tertiary/aromatic N) is 1. The zero-order valence-electron chi connectivity index (χ0n) is 15.4. The van der Waals surface area contributed by atoms with E-state index in [-0.39, 0.29) is 1.43 Å². The van der Waals surface area contributed by atoms with E-state index in [2.05, 4.69) is 68.8 Å². The molecule has 0 amide bonds. The number of likely N-dealkylation sites (N-methyl/N-ethyl adjacent to an activating group) is 1. The van der Waals surface area contributed by atoms with Crippen LogP contribution in [0.3, 0.4) is 0 Å². The second kappa shape index (κ2) is 9.36. The summed E-state index contributed by atoms with van der Waals surface area (Å²) in [6.07, 6.45) is 2.12. The molecule has 1 radical (unpaired) electrons. The van der Waals surface area contributed by atoms with Gasteiger partial charge >= 0.3 is 0 Å². The summed E-state index contributed by atoms with van der Waals surface area (Å²) in [5, 5.41) is 5.75. The molecule has 0 fully saturated rings. The van der Waals surface area contributed by atoms with Crippen LogP contribution in [0.2, 0.25) is 0 Å². The fourth-order valence-corrected chi connectivity index (χ4v) is 2.52. The third kappa shape index (κ3) is 5.40. The molecule has 0 atom stereocenters. The molecule has 1 aromatic carbocycles. The molecule has 0 saturated carbocycles. The molecule has 0 aliphatic heterocycles. The lowest BCUT2D eigenvalue weighted by Crippen LogP contribution is -2.32. The number of rotatable bonds is 8. The maximum absolute atomic E-state index is 6.25. The third-order valence-electron chi connectivity index (χ3n) is 4.36. The molecule has 0 aliphatic carbocycles. The molecular weight excluding hydrogens is 280 g/mol. The van der Waals surface area contributed by atoms with E-state index < -0.39 is 0 Å². The standard InChI is InChI=1S/C21H31N2.H2/c1-8-19-11-12-20(15-21(19)17(6)16(4)5)18(7)22-13-14-23(9-2)10-3;/h7-8,11-12,15,22H,4,9-10,13-14H2,1-3,5-6H3;1H/b18-7?,19-8+,21-17-;. The summed E-state index contributed by atoms with van der Waals surface area (Å²) in [4.78, 5) is 2.37. The van der Waals surface area contributed by atoms with E-state index in [4.69, 9.17) is 6.58 Å². The van der Waals surface area contributed by atoms with Gasteiger partial charge in [0, 0.05) is 20.2 Å². The van der Waals surface area contributed by atoms with Crippen molar-refractivity contribution in [2.75, 3.05) is 26.2 Å². The number of hydrogen-bond donors (Lipinski definition) is 1. The van der Waals surface area contributed by atoms with E-state index in [9.17, 15) is 0 Å². The molecule has 2 nitrogen and oxygen atoms in total. The van der Waals surface area contributed by atoms with Crippen LogP contribution in [0.1, 0.15) is 41.6 Å². The Kier molecular flexibility index (Phi) is 7.84. The van der Waals surface area contributed by atoms with E-state index in [0.29, 0.717) is 0 Å². The molecule has 0 aliphatic rings. The van der Waals surface area contributed by atoms with E-state index in [1.165, 1.54) is 16.0 Å². The fourth-order valence-electron chi connectivity index (χ4n) is 2.52. The molecule has 0 bridgehead atoms. The Morgan fingerprint density at radius 2 is 1.96 bits per heavy atom. The lowest BCUT2D eigenvalue weighted by Gasteiger charge is -2.19. The summed E-state index contributed by atoms with van der Waals surface area (Å²) in [6.45, 7) is 24.9. The minimum absolute atomic E-state index is 0. The van der Waals surface area contributed by atoms with Crippen LogP contribution in [0.5, 0.6) is 0 Å². The molecule has 0 unspecified atom stereocenters. The Balaban J connectivity index is 0.00000529. The molecule has 0 spiro atoms. The van der Waals surface area contributed by atoms with Crippen molar-refractivity contribution < 1.29 is 1.43 Å². The Labute approximate surface area is 143 Å². The van der Waals surface area contributed by atoms with Gasteiger partial charge in [0.15, 0.2) is 0 Å². The third-order valence-corrected chi connectivity index (χ3v) is 4.36. The highest BCUT2D eigenvalue weighted by molar-refractivity contribution is 5.65. The average molecular weight is 314 g/mol. The van der Waals surface area contributed by atoms with Crippen molar-refractivity contribution in [3.05, 3.63) is 52.9 Å². The lowest BCUT2D eigenvalue weighted by atomic mass is 10.0. The van der Waals surface area contributed by atoms with Crippen LogP contribution in [0.15, 0.2) is 30.4 Å². The van der Waals surface area contributed by atoms with Crippen LogP contribution in [0, 0.1) is 6.58 Å². The highest BCUT2D eigenvalue weighted by Crippen LogP contribution is 2.07. The van der Waals surface area contributed by atoms with Crippen molar-refractivity contribution in [1.29, 1.82) is 0 Å². The minimum Gasteiger partial charge on any atom is -0.383 e. The van der Waals surface area contributed by atoms with E-state index >= 15 is 0 Å². The van der Waals surface area contributed by atoms with Gasteiger partial charge in [-0.2, -0.15) is 0 Å². The van der Waals surface area contributed by atoms with Crippen LogP contribution >= 0.6 is 0 Å². The van der Waals surface area contributed by atoms with E-state index in [1.54, 1.807) is 0 Å². The Hall–Kier alpha value is -1.80. The average Bonchev–Trinajstić information content (AvgIpc) is 2.57. The summed E-state index contributed by atoms with van der Waals surface area (Å²) in [7, 11) is 0. The van der Waals surface area contributed by atoms with Gasteiger partial charge in [-0.05, 0) is 68.1 Å². The van der Waals surface area contributed by atoms with E-state index in [1.807, 2.05) is 6.92 Å². The second-order valence-electron chi connectivity index (χ2n) is 5.86. The summed E-state index contributed by atoms with van der Waals surface area (Å²) in [5.41, 5.74) is 4.05. The van der Waals surface area contributed by atoms with Gasteiger partial charge in [-0.25, -0.2) is 0 Å². The van der Waals surface area contributed by atoms with Crippen molar-refractivity contribution in [3.8, 4) is 0 Å². The van der Waals surface area contributed by atoms with Crippen molar-refractivity contribution in [2.24, 2.45) is 0 Å². The fraction of sp³-hybridized carbons (Fsp3) is 0.429. The first-order chi connectivity index (χ1) is 10.9. The van der Waals surface area contributed by atoms with Crippen LogP contribution in [0.4, 0.5) is 0 Å². The van der Waals surface area contributed by atoms with Crippen LogP contribution < -0.4 is 15.8 Å². The van der Waals surface area contributed by atoms with Gasteiger partial charge in [-0.3, -0.25) is 0 Å². The topological polar surface area (TPSA) is 15.3 Å². The molecular formula is C21H33N2. The second-order valence-corrected chi connectivity index (χ2v) is 5.86. The van der Waals surface area contributed by atoms with Crippen molar-refractivity contribution in [1.82, 2.24) is 10.2 Å². The SMILES string of the molecule is [CH]=C(NCCN(CC)CC)c1ccc(=C\C)/c(=C(/C)C(=C)C)c1.[HH]. The zero-order valence-corrected chi connectivity index (χ0v) is 15.4. The summed E-state index contributed by atoms with van der Waals surface area (Å²) in [5.74, 6) is 0. The molecule has 1 aromatic rings. The van der Waals surface area contributed by atoms with Gasteiger partial charge in [0.2, 0.25) is 0 Å². The summed E-state index contributed by atoms with van der Waals surface area (Å²) >= 11 is 0. The maximum Gasteiger partial charge on any atom is 0.0415 e. The van der Waals surface area contributed by atoms with Crippen molar-refractivity contribution >= 4 is 17.3 Å². The van der Waals surface area contributed by atoms with Gasteiger partial charge in [-0.15, -0.1) is 0 Å². The van der Waals surface area contributed by atoms with Gasteiger partial charge < -0.3 is 10.2 Å². The zero-order chi connectivity index (χ0) is 17.4. The van der Waals surface area contributed by atoms with Crippen LogP contribution in [-0.4, -0.2) is 31.1 Å². The monoisotopic (exact) mass is 313 g/mol. The predicted molar refractivity (Wildman–Crippen MR) is 105 cm³/mol. The molecule has 23 heavy (non-hydrogen) atoms. The van der Waals surface area contributed by atoms with Crippen molar-refractivity contribution in [3.63, 3.8) is 0 Å². The highest BCUT2D eigenvalue weighted by atomic mass is 15.1. The molecule has 0 saturated heterocycles. The summed E-state index contributed by atoms with van der Waals surface area (Å²) < 4.78 is 0. The number of benzene rings is 1. The molecule has 0 heterocycles. The van der Waals surface area contributed by atoms with E-state index in [0.717, 1.165) is 43.0 Å². The first kappa shape index (κ1) is 19.2. The number of hydrogen-bond acceptors (Lipinski definition) is 2. The smallest absolute Gasteiger partial charge is 0.0415 e. The normalized spacial score (nSPS) is 13.2. The molecule has 1 rings (SSSR count). The summed E-state index contributed by atoms with van der Waals surface area (Å²) in [6, 6.07) is 6.35. The van der Waals surface area contributed by atoms with Gasteiger partial charge in [0.05, 0.1) is 0 Å². The lowest BCUT2D eigenvalue weighted by molar-refractivity contribution is 0.308. The quantitative estimate of drug-likeness (QED) is 0.793. The minimum atomic E-state index is 0. The van der Waals surface area contributed by atoms with Gasteiger partial charge in [-0.1, -0.05) is 44.2 Å². The molecule has 1 N–H and O–H groups in total. The van der Waals surface area contributed by atoms with Gasteiger partial charge in [0.25, 0.3) is 0 Å². The molecule has 2 heteroatoms. The first-order valence-corrected chi connectivity index (χ1v) is 8.46. The van der Waals surface area contributed by atoms with Crippen molar-refractivity contribution in [2.45, 2.75) is 34.6 Å². The predicted octanol–water partition coefficient (Wildman–Crippen LogP) is 3.18. The largest absolute Gasteiger partial charge is 0.383 e. The number of allylic oxidation sites excluding steroid dienone is 1. The Morgan fingerprint density at radius 3 is 2.48 bits per heavy atom. The Bertz CT molecular complexity index is 670. The molecule has 0 aromatic heterocycles. The van der Waals surface area contributed by atoms with Crippen LogP contribution in [-0.2, 0) is 0 Å². The van der Waals surface area contributed by atoms with Gasteiger partial charge in [0.1, 0.15) is 0 Å². The van der Waals surface area contributed by atoms with Crippen LogP contribution in [0.25, 0.3) is 17.3 Å². The Morgan fingerprint density at radius 1 is 1.30 bits per heavy atom. The first-order valence-electron chi connectivity index (χ1n) is 8.46. The maximum atomic E-state index is 6.25. The number of nitrogens with one attached hydrogen (secondary N) is 1. The highest BCUT2D eigenvalue weighted by Gasteiger charge is 2.03. The molecule has 127 valence electrons.